The number of carbonyl (C=O) groups excluding carboxylic acids is 1. The molecule has 2 aromatic rings. The topological polar surface area (TPSA) is 54.0 Å². The van der Waals surface area contributed by atoms with Crippen molar-refractivity contribution in [2.75, 3.05) is 27.4 Å². The molecule has 2 saturated carbocycles. The lowest BCUT2D eigenvalue weighted by Gasteiger charge is -2.51. The van der Waals surface area contributed by atoms with Crippen LogP contribution in [-0.4, -0.2) is 39.1 Å². The van der Waals surface area contributed by atoms with Crippen LogP contribution in [0.2, 0.25) is 0 Å². The van der Waals surface area contributed by atoms with Crippen molar-refractivity contribution < 1.29 is 23.7 Å². The second-order valence-corrected chi connectivity index (χ2v) is 14.4. The predicted octanol–water partition coefficient (Wildman–Crippen LogP) is 8.66. The molecule has 0 radical (unpaired) electrons. The summed E-state index contributed by atoms with van der Waals surface area (Å²) >= 11 is 7.05. The fourth-order valence-corrected chi connectivity index (χ4v) is 9.30. The number of alkyl halides is 1. The summed E-state index contributed by atoms with van der Waals surface area (Å²) in [5.74, 6) is 3.55. The molecule has 5 unspecified atom stereocenters. The molecule has 240 valence electrons. The third-order valence-electron chi connectivity index (χ3n) is 11.1. The zero-order valence-corrected chi connectivity index (χ0v) is 28.0. The zero-order valence-electron chi connectivity index (χ0n) is 27.2. The second kappa shape index (κ2) is 14.4. The number of hydrogen-bond acceptors (Lipinski definition) is 5. The Morgan fingerprint density at radius 3 is 2.09 bits per heavy atom. The van der Waals surface area contributed by atoms with Crippen molar-refractivity contribution in [2.24, 2.45) is 40.4 Å². The Labute approximate surface area is 269 Å². The number of hydrogen-bond donors (Lipinski definition) is 0. The van der Waals surface area contributed by atoms with Gasteiger partial charge in [-0.3, -0.25) is 0 Å². The van der Waals surface area contributed by atoms with Crippen LogP contribution in [0, 0.1) is 40.4 Å². The smallest absolute Gasteiger partial charge is 0.127 e. The highest BCUT2D eigenvalue weighted by Gasteiger charge is 2.68. The van der Waals surface area contributed by atoms with Gasteiger partial charge in [0.05, 0.1) is 34.0 Å². The first kappa shape index (κ1) is 33.0. The molecule has 2 aromatic carbocycles. The molecule has 7 atom stereocenters. The number of unbranched alkanes of at least 4 members (excludes halogenated alkanes) is 1. The summed E-state index contributed by atoms with van der Waals surface area (Å²) in [4.78, 5) is 13.6. The molecule has 0 amide bonds. The van der Waals surface area contributed by atoms with E-state index in [2.05, 4.69) is 51.1 Å². The van der Waals surface area contributed by atoms with Crippen LogP contribution in [0.25, 0.3) is 0 Å². The lowest BCUT2D eigenvalue weighted by molar-refractivity contribution is -0.133. The number of allylic oxidation sites excluding steroid dienone is 1. The van der Waals surface area contributed by atoms with E-state index >= 15 is 0 Å². The van der Waals surface area contributed by atoms with Crippen molar-refractivity contribution in [3.05, 3.63) is 71.3 Å². The molecule has 2 fully saturated rings. The van der Waals surface area contributed by atoms with Gasteiger partial charge in [-0.15, -0.1) is 11.6 Å². The number of ether oxygens (including phenoxy) is 4. The molecule has 3 aliphatic rings. The lowest BCUT2D eigenvalue weighted by atomic mass is 9.52. The molecule has 3 aliphatic carbocycles. The molecule has 44 heavy (non-hydrogen) atoms. The molecule has 0 heterocycles. The maximum atomic E-state index is 13.6. The van der Waals surface area contributed by atoms with Gasteiger partial charge in [0.25, 0.3) is 0 Å². The van der Waals surface area contributed by atoms with Gasteiger partial charge in [0, 0.05) is 22.8 Å². The van der Waals surface area contributed by atoms with Crippen molar-refractivity contribution >= 4 is 17.9 Å². The molecular formula is C38H51ClO5. The normalized spacial score (nSPS) is 31.0. The largest absolute Gasteiger partial charge is 0.497 e. The van der Waals surface area contributed by atoms with Crippen LogP contribution in [-0.2, 0) is 27.5 Å². The first-order valence-electron chi connectivity index (χ1n) is 16.5. The van der Waals surface area contributed by atoms with E-state index in [0.717, 1.165) is 67.8 Å². The van der Waals surface area contributed by atoms with Crippen LogP contribution in [0.1, 0.15) is 70.4 Å². The molecule has 0 aliphatic heterocycles. The molecule has 0 N–H and O–H groups in total. The average molecular weight is 623 g/mol. The number of fused-ring (bicyclic) bond motifs is 2. The quantitative estimate of drug-likeness (QED) is 0.0811. The van der Waals surface area contributed by atoms with Crippen LogP contribution in [0.5, 0.6) is 11.5 Å². The first-order chi connectivity index (χ1) is 21.3. The van der Waals surface area contributed by atoms with E-state index < -0.39 is 5.41 Å². The maximum absolute atomic E-state index is 13.6. The fourth-order valence-electron chi connectivity index (χ4n) is 8.92. The summed E-state index contributed by atoms with van der Waals surface area (Å²) < 4.78 is 23.1. The Balaban J connectivity index is 1.26. The van der Waals surface area contributed by atoms with E-state index in [9.17, 15) is 4.79 Å². The Bertz CT molecular complexity index is 1260. The molecule has 5 nitrogen and oxygen atoms in total. The van der Waals surface area contributed by atoms with Gasteiger partial charge in [0.2, 0.25) is 0 Å². The molecule has 0 saturated heterocycles. The van der Waals surface area contributed by atoms with Gasteiger partial charge in [0.1, 0.15) is 17.8 Å². The van der Waals surface area contributed by atoms with E-state index in [1.165, 1.54) is 11.9 Å². The van der Waals surface area contributed by atoms with E-state index in [1.807, 2.05) is 24.3 Å². The van der Waals surface area contributed by atoms with Crippen molar-refractivity contribution in [2.45, 2.75) is 77.9 Å². The van der Waals surface area contributed by atoms with Gasteiger partial charge in [-0.25, -0.2) is 0 Å². The molecule has 5 rings (SSSR count). The average Bonchev–Trinajstić information content (AvgIpc) is 3.67. The minimum Gasteiger partial charge on any atom is -0.497 e. The number of carbonyl (C=O) groups is 1. The van der Waals surface area contributed by atoms with E-state index in [4.69, 9.17) is 30.5 Å². The number of aldehydes is 1. The number of benzene rings is 2. The molecule has 6 heteroatoms. The molecular weight excluding hydrogens is 572 g/mol. The van der Waals surface area contributed by atoms with Crippen molar-refractivity contribution in [3.8, 4) is 11.5 Å². The van der Waals surface area contributed by atoms with E-state index in [1.54, 1.807) is 14.2 Å². The van der Waals surface area contributed by atoms with E-state index in [0.29, 0.717) is 43.5 Å². The minimum atomic E-state index is -0.445. The monoisotopic (exact) mass is 622 g/mol. The summed E-state index contributed by atoms with van der Waals surface area (Å²) in [5.41, 5.74) is 2.97. The van der Waals surface area contributed by atoms with Gasteiger partial charge < -0.3 is 23.7 Å². The van der Waals surface area contributed by atoms with Crippen molar-refractivity contribution in [3.63, 3.8) is 0 Å². The van der Waals surface area contributed by atoms with Crippen molar-refractivity contribution in [1.82, 2.24) is 0 Å². The SMILES string of the molecule is COc1ccc(COCCCCC2C(C)C(Cl)CC2[C@@]2(C=O)CC3C=C(C(C)C)[C@@]2(COCc2ccc(OC)cc2)C3)cc1. The van der Waals surface area contributed by atoms with Crippen LogP contribution in [0.3, 0.4) is 0 Å². The van der Waals surface area contributed by atoms with Gasteiger partial charge in [-0.05, 0) is 97.1 Å². The number of methoxy groups -OCH3 is 2. The van der Waals surface area contributed by atoms with Crippen LogP contribution in [0.15, 0.2) is 60.2 Å². The highest BCUT2D eigenvalue weighted by atomic mass is 35.5. The Morgan fingerprint density at radius 1 is 0.909 bits per heavy atom. The van der Waals surface area contributed by atoms with Gasteiger partial charge >= 0.3 is 0 Å². The number of halogens is 1. The van der Waals surface area contributed by atoms with Crippen molar-refractivity contribution in [1.29, 1.82) is 0 Å². The van der Waals surface area contributed by atoms with Crippen LogP contribution < -0.4 is 9.47 Å². The number of rotatable bonds is 16. The molecule has 0 spiro atoms. The Hall–Kier alpha value is -2.34. The third kappa shape index (κ3) is 6.48. The lowest BCUT2D eigenvalue weighted by Crippen LogP contribution is -2.51. The fraction of sp³-hybridized carbons (Fsp3) is 0.605. The Kier molecular flexibility index (Phi) is 10.8. The van der Waals surface area contributed by atoms with Crippen LogP contribution >= 0.6 is 11.6 Å². The minimum absolute atomic E-state index is 0.0935. The molecule has 0 aromatic heterocycles. The van der Waals surface area contributed by atoms with Gasteiger partial charge in [-0.2, -0.15) is 0 Å². The standard InChI is InChI=1S/C38H51ClO5/c1-26(2)34-18-30-20-37(24-40,38(34,21-30)25-44-23-29-11-15-32(42-5)16-12-29)35-19-36(39)27(3)33(35)8-6-7-17-43-22-28-9-13-31(41-4)14-10-28/h9-16,18,24,26-27,30,33,35-36H,6-8,17,19-23,25H2,1-5H3/t27?,30?,33?,35?,36?,37-,38-/m0/s1. The first-order valence-corrected chi connectivity index (χ1v) is 16.9. The van der Waals surface area contributed by atoms with E-state index in [-0.39, 0.29) is 16.7 Å². The highest BCUT2D eigenvalue weighted by Crippen LogP contribution is 2.71. The van der Waals surface area contributed by atoms with Crippen LogP contribution in [0.4, 0.5) is 0 Å². The summed E-state index contributed by atoms with van der Waals surface area (Å²) in [7, 11) is 3.36. The second-order valence-electron chi connectivity index (χ2n) is 13.8. The maximum Gasteiger partial charge on any atom is 0.127 e. The summed E-state index contributed by atoms with van der Waals surface area (Å²) in [5, 5.41) is 0.0935. The third-order valence-corrected chi connectivity index (χ3v) is 11.7. The molecule has 2 bridgehead atoms. The summed E-state index contributed by atoms with van der Waals surface area (Å²) in [6.07, 6.45) is 9.81. The van der Waals surface area contributed by atoms with Gasteiger partial charge in [-0.1, -0.05) is 63.1 Å². The zero-order chi connectivity index (χ0) is 31.3. The predicted molar refractivity (Wildman–Crippen MR) is 176 cm³/mol. The van der Waals surface area contributed by atoms with Gasteiger partial charge in [0.15, 0.2) is 0 Å². The summed E-state index contributed by atoms with van der Waals surface area (Å²) in [6.45, 7) is 9.29. The summed E-state index contributed by atoms with van der Waals surface area (Å²) in [6, 6.07) is 16.1. The highest BCUT2D eigenvalue weighted by molar-refractivity contribution is 6.21. The Morgan fingerprint density at radius 2 is 1.52 bits per heavy atom.